The predicted octanol–water partition coefficient (Wildman–Crippen LogP) is 4.39. The fraction of sp³-hybridized carbons (Fsp3) is 0.350. The van der Waals surface area contributed by atoms with Gasteiger partial charge >= 0.3 is 12.4 Å². The minimum Gasteiger partial charge on any atom is -0.363 e. The summed E-state index contributed by atoms with van der Waals surface area (Å²) >= 11 is 0. The van der Waals surface area contributed by atoms with Crippen LogP contribution in [0.4, 0.5) is 43.4 Å². The lowest BCUT2D eigenvalue weighted by atomic mass is 10.1. The normalized spacial score (nSPS) is 15.4. The van der Waals surface area contributed by atoms with E-state index in [0.717, 1.165) is 24.3 Å². The number of carbonyl (C=O) groups is 1. The summed E-state index contributed by atoms with van der Waals surface area (Å²) in [4.78, 5) is 25.8. The molecule has 1 fully saturated rings. The monoisotopic (exact) mass is 476 g/mol. The van der Waals surface area contributed by atoms with Crippen LogP contribution in [-0.4, -0.2) is 48.5 Å². The van der Waals surface area contributed by atoms with Crippen LogP contribution in [0, 0.1) is 10.1 Å². The molecule has 1 amide bonds. The Kier molecular flexibility index (Phi) is 6.81. The highest BCUT2D eigenvalue weighted by atomic mass is 19.4. The molecule has 0 saturated carbocycles. The minimum atomic E-state index is -4.72. The van der Waals surface area contributed by atoms with Gasteiger partial charge in [0.2, 0.25) is 5.91 Å². The lowest BCUT2D eigenvalue weighted by molar-refractivity contribution is -0.384. The maximum absolute atomic E-state index is 13.1. The van der Waals surface area contributed by atoms with Crippen LogP contribution in [0.15, 0.2) is 42.5 Å². The van der Waals surface area contributed by atoms with Gasteiger partial charge in [-0.2, -0.15) is 26.3 Å². The van der Waals surface area contributed by atoms with E-state index < -0.39 is 40.0 Å². The summed E-state index contributed by atoms with van der Waals surface area (Å²) < 4.78 is 77.8. The number of para-hydroxylation sites is 1. The van der Waals surface area contributed by atoms with Crippen molar-refractivity contribution in [2.45, 2.75) is 12.4 Å². The Bertz CT molecular complexity index is 1030. The average molecular weight is 476 g/mol. The zero-order valence-electron chi connectivity index (χ0n) is 16.9. The highest BCUT2D eigenvalue weighted by Crippen LogP contribution is 2.37. The second-order valence-electron chi connectivity index (χ2n) is 7.31. The number of hydrogen-bond donors (Lipinski definition) is 1. The fourth-order valence-electron chi connectivity index (χ4n) is 3.49. The van der Waals surface area contributed by atoms with Crippen molar-refractivity contribution < 1.29 is 36.1 Å². The van der Waals surface area contributed by atoms with Gasteiger partial charge < -0.3 is 10.2 Å². The molecule has 2 aromatic rings. The van der Waals surface area contributed by atoms with Gasteiger partial charge in [-0.1, -0.05) is 12.1 Å². The molecule has 7 nitrogen and oxygen atoms in total. The number of rotatable bonds is 5. The third-order valence-corrected chi connectivity index (χ3v) is 5.09. The maximum atomic E-state index is 13.1. The van der Waals surface area contributed by atoms with Gasteiger partial charge in [-0.15, -0.1) is 0 Å². The molecular weight excluding hydrogens is 458 g/mol. The number of halogens is 6. The smallest absolute Gasteiger partial charge is 0.363 e. The van der Waals surface area contributed by atoms with Crippen LogP contribution in [0.25, 0.3) is 0 Å². The maximum Gasteiger partial charge on any atom is 0.418 e. The van der Waals surface area contributed by atoms with E-state index in [2.05, 4.69) is 5.32 Å². The van der Waals surface area contributed by atoms with E-state index in [4.69, 9.17) is 0 Å². The van der Waals surface area contributed by atoms with Gasteiger partial charge in [0.1, 0.15) is 5.69 Å². The third kappa shape index (κ3) is 5.92. The number of carbonyl (C=O) groups excluding carboxylic acids is 1. The standard InChI is InChI=1S/C20H18F6N4O3/c21-19(22,23)13-5-6-16(17(11-13)30(32)33)29-9-7-28(8-10-29)12-18(31)27-15-4-2-1-3-14(15)20(24,25)26/h1-6,11H,7-10,12H2,(H,27,31). The number of piperazine rings is 1. The second-order valence-corrected chi connectivity index (χ2v) is 7.31. The Morgan fingerprint density at radius 2 is 1.61 bits per heavy atom. The molecule has 3 rings (SSSR count). The molecule has 13 heteroatoms. The van der Waals surface area contributed by atoms with E-state index >= 15 is 0 Å². The first-order valence-corrected chi connectivity index (χ1v) is 9.65. The van der Waals surface area contributed by atoms with Crippen molar-refractivity contribution in [1.29, 1.82) is 0 Å². The van der Waals surface area contributed by atoms with E-state index in [1.807, 2.05) is 0 Å². The van der Waals surface area contributed by atoms with Crippen LogP contribution in [-0.2, 0) is 17.1 Å². The van der Waals surface area contributed by atoms with Crippen LogP contribution < -0.4 is 10.2 Å². The van der Waals surface area contributed by atoms with E-state index in [-0.39, 0.29) is 44.1 Å². The van der Waals surface area contributed by atoms with Crippen LogP contribution in [0.5, 0.6) is 0 Å². The number of benzene rings is 2. The molecule has 33 heavy (non-hydrogen) atoms. The zero-order valence-corrected chi connectivity index (χ0v) is 16.9. The molecule has 0 unspecified atom stereocenters. The third-order valence-electron chi connectivity index (χ3n) is 5.09. The Labute approximate surface area is 183 Å². The minimum absolute atomic E-state index is 0.0243. The van der Waals surface area contributed by atoms with E-state index in [1.54, 1.807) is 4.90 Å². The fourth-order valence-corrected chi connectivity index (χ4v) is 3.49. The summed E-state index contributed by atoms with van der Waals surface area (Å²) in [7, 11) is 0. The molecule has 0 bridgehead atoms. The quantitative estimate of drug-likeness (QED) is 0.394. The molecule has 0 spiro atoms. The number of nitro groups is 1. The molecule has 2 aromatic carbocycles. The summed E-state index contributed by atoms with van der Waals surface area (Å²) in [5.41, 5.74) is -3.13. The Balaban J connectivity index is 1.63. The second kappa shape index (κ2) is 9.25. The SMILES string of the molecule is O=C(CN1CCN(c2ccc(C(F)(F)F)cc2[N+](=O)[O-])CC1)Nc1ccccc1C(F)(F)F. The Morgan fingerprint density at radius 1 is 0.970 bits per heavy atom. The van der Waals surface area contributed by atoms with Gasteiger partial charge in [0.05, 0.1) is 28.3 Å². The molecule has 1 saturated heterocycles. The summed E-state index contributed by atoms with van der Waals surface area (Å²) in [6.07, 6.45) is -9.36. The van der Waals surface area contributed by atoms with Gasteiger partial charge in [0.25, 0.3) is 5.69 Å². The van der Waals surface area contributed by atoms with Crippen molar-refractivity contribution in [3.05, 3.63) is 63.7 Å². The first-order chi connectivity index (χ1) is 15.4. The van der Waals surface area contributed by atoms with Crippen molar-refractivity contribution >= 4 is 23.0 Å². The molecule has 1 aliphatic heterocycles. The zero-order chi connectivity index (χ0) is 24.4. The molecule has 0 aliphatic carbocycles. The van der Waals surface area contributed by atoms with Crippen molar-refractivity contribution in [2.24, 2.45) is 0 Å². The van der Waals surface area contributed by atoms with E-state index in [9.17, 15) is 41.3 Å². The van der Waals surface area contributed by atoms with Gasteiger partial charge in [-0.05, 0) is 24.3 Å². The molecule has 178 valence electrons. The molecular formula is C20H18F6N4O3. The number of anilines is 2. The van der Waals surface area contributed by atoms with E-state index in [1.165, 1.54) is 17.0 Å². The van der Waals surface area contributed by atoms with Crippen LogP contribution in [0.2, 0.25) is 0 Å². The number of nitrogens with one attached hydrogen (secondary N) is 1. The average Bonchev–Trinajstić information content (AvgIpc) is 2.72. The summed E-state index contributed by atoms with van der Waals surface area (Å²) in [5.74, 6) is -0.666. The first kappa shape index (κ1) is 24.3. The highest BCUT2D eigenvalue weighted by molar-refractivity contribution is 5.93. The van der Waals surface area contributed by atoms with Gasteiger partial charge in [0, 0.05) is 32.2 Å². The number of hydrogen-bond acceptors (Lipinski definition) is 5. The summed E-state index contributed by atoms with van der Waals surface area (Å²) in [6, 6.07) is 6.84. The Hall–Kier alpha value is -3.35. The molecule has 0 radical (unpaired) electrons. The summed E-state index contributed by atoms with van der Waals surface area (Å²) in [5, 5.41) is 13.5. The van der Waals surface area contributed by atoms with Crippen molar-refractivity contribution in [2.75, 3.05) is 42.9 Å². The van der Waals surface area contributed by atoms with Crippen LogP contribution in [0.3, 0.4) is 0 Å². The molecule has 0 atom stereocenters. The molecule has 1 N–H and O–H groups in total. The van der Waals surface area contributed by atoms with Gasteiger partial charge in [-0.3, -0.25) is 19.8 Å². The Morgan fingerprint density at radius 3 is 2.18 bits per heavy atom. The van der Waals surface area contributed by atoms with Gasteiger partial charge in [0.15, 0.2) is 0 Å². The predicted molar refractivity (Wildman–Crippen MR) is 107 cm³/mol. The number of nitro benzene ring substituents is 1. The largest absolute Gasteiger partial charge is 0.418 e. The molecule has 1 aliphatic rings. The lowest BCUT2D eigenvalue weighted by Crippen LogP contribution is -2.48. The highest BCUT2D eigenvalue weighted by Gasteiger charge is 2.35. The number of amides is 1. The van der Waals surface area contributed by atoms with Crippen molar-refractivity contribution in [3.63, 3.8) is 0 Å². The number of nitrogens with zero attached hydrogens (tertiary/aromatic N) is 3. The van der Waals surface area contributed by atoms with Gasteiger partial charge in [-0.25, -0.2) is 0 Å². The van der Waals surface area contributed by atoms with Crippen molar-refractivity contribution in [1.82, 2.24) is 4.90 Å². The first-order valence-electron chi connectivity index (χ1n) is 9.65. The van der Waals surface area contributed by atoms with Crippen molar-refractivity contribution in [3.8, 4) is 0 Å². The lowest BCUT2D eigenvalue weighted by Gasteiger charge is -2.35. The molecule has 1 heterocycles. The topological polar surface area (TPSA) is 78.7 Å². The van der Waals surface area contributed by atoms with E-state index in [0.29, 0.717) is 6.07 Å². The van der Waals surface area contributed by atoms with Crippen LogP contribution >= 0.6 is 0 Å². The number of alkyl halides is 6. The summed E-state index contributed by atoms with van der Waals surface area (Å²) in [6.45, 7) is 0.603. The van der Waals surface area contributed by atoms with Crippen LogP contribution in [0.1, 0.15) is 11.1 Å². The molecule has 0 aromatic heterocycles.